The van der Waals surface area contributed by atoms with E-state index in [9.17, 15) is 4.79 Å². The first kappa shape index (κ1) is 16.5. The maximum Gasteiger partial charge on any atom is 0.166 e. The maximum atomic E-state index is 12.1. The molecular weight excluding hydrogens is 295 g/mol. The van der Waals surface area contributed by atoms with Crippen LogP contribution in [-0.2, 0) is 0 Å². The van der Waals surface area contributed by atoms with Crippen molar-refractivity contribution in [1.29, 1.82) is 0 Å². The highest BCUT2D eigenvalue weighted by atomic mass is 35.5. The molecule has 1 aromatic rings. The lowest BCUT2D eigenvalue weighted by Crippen LogP contribution is -2.20. The van der Waals surface area contributed by atoms with Crippen LogP contribution in [0.5, 0.6) is 0 Å². The average Bonchev–Trinajstić information content (AvgIpc) is 2.26. The van der Waals surface area contributed by atoms with Crippen LogP contribution in [0.3, 0.4) is 0 Å². The third-order valence-corrected chi connectivity index (χ3v) is 4.74. The number of alkyl halides is 2. The average molecular weight is 315 g/mol. The fourth-order valence-electron chi connectivity index (χ4n) is 1.96. The van der Waals surface area contributed by atoms with Gasteiger partial charge in [-0.2, -0.15) is 0 Å². The molecule has 0 saturated heterocycles. The van der Waals surface area contributed by atoms with E-state index < -0.39 is 12.9 Å². The van der Waals surface area contributed by atoms with Gasteiger partial charge in [-0.15, -0.1) is 23.2 Å². The van der Waals surface area contributed by atoms with Crippen molar-refractivity contribution in [2.24, 2.45) is 0 Å². The van der Waals surface area contributed by atoms with Crippen LogP contribution in [0.2, 0.25) is 25.7 Å². The summed E-state index contributed by atoms with van der Waals surface area (Å²) in [5.74, 6) is 0.107. The van der Waals surface area contributed by atoms with Gasteiger partial charge in [0.25, 0.3) is 0 Å². The first-order valence-electron chi connectivity index (χ1n) is 6.27. The molecule has 0 aliphatic heterocycles. The summed E-state index contributed by atoms with van der Waals surface area (Å²) < 4.78 is 0. The molecule has 0 atom stereocenters. The lowest BCUT2D eigenvalue weighted by atomic mass is 10.0. The van der Waals surface area contributed by atoms with Crippen molar-refractivity contribution in [3.63, 3.8) is 0 Å². The minimum absolute atomic E-state index is 0.107. The van der Waals surface area contributed by atoms with Crippen molar-refractivity contribution < 1.29 is 4.79 Å². The maximum absolute atomic E-state index is 12.1. The molecule has 1 rings (SSSR count). The highest BCUT2D eigenvalue weighted by Crippen LogP contribution is 2.25. The minimum atomic E-state index is -1.20. The van der Waals surface area contributed by atoms with Crippen molar-refractivity contribution >= 4 is 37.1 Å². The number of rotatable bonds is 6. The standard InChI is InChI=1S/C15H20Cl2OSi/c1-11(10-19(2,3)4)9-14(18)12-5-7-13(8-6-12)15(16)17/h5-8,15H,1,9-10H2,2-4H3. The molecule has 0 bridgehead atoms. The predicted octanol–water partition coefficient (Wildman–Crippen LogP) is 5.63. The van der Waals surface area contributed by atoms with E-state index in [4.69, 9.17) is 23.2 Å². The van der Waals surface area contributed by atoms with E-state index in [-0.39, 0.29) is 5.78 Å². The highest BCUT2D eigenvalue weighted by Gasteiger charge is 2.17. The monoisotopic (exact) mass is 314 g/mol. The Balaban J connectivity index is 2.66. The zero-order valence-electron chi connectivity index (χ0n) is 11.7. The van der Waals surface area contributed by atoms with Gasteiger partial charge in [-0.05, 0) is 11.6 Å². The smallest absolute Gasteiger partial charge is 0.166 e. The summed E-state index contributed by atoms with van der Waals surface area (Å²) in [4.78, 5) is 11.6. The van der Waals surface area contributed by atoms with Crippen molar-refractivity contribution in [1.82, 2.24) is 0 Å². The molecule has 1 aromatic carbocycles. The summed E-state index contributed by atoms with van der Waals surface area (Å²) in [6.45, 7) is 10.9. The number of halogens is 2. The fraction of sp³-hybridized carbons (Fsp3) is 0.400. The quantitative estimate of drug-likeness (QED) is 0.288. The Morgan fingerprint density at radius 2 is 1.74 bits per heavy atom. The van der Waals surface area contributed by atoms with Crippen LogP contribution >= 0.6 is 23.2 Å². The number of ketones is 1. The Bertz CT molecular complexity index is 458. The Labute approximate surface area is 126 Å². The number of hydrogen-bond donors (Lipinski definition) is 0. The first-order chi connectivity index (χ1) is 8.69. The number of allylic oxidation sites excluding steroid dienone is 1. The van der Waals surface area contributed by atoms with Crippen LogP contribution in [0.25, 0.3) is 0 Å². The van der Waals surface area contributed by atoms with Gasteiger partial charge in [0.2, 0.25) is 0 Å². The van der Waals surface area contributed by atoms with Gasteiger partial charge < -0.3 is 0 Å². The van der Waals surface area contributed by atoms with Crippen molar-refractivity contribution in [2.75, 3.05) is 0 Å². The van der Waals surface area contributed by atoms with Gasteiger partial charge in [0.15, 0.2) is 5.78 Å². The third-order valence-electron chi connectivity index (χ3n) is 2.68. The second-order valence-corrected chi connectivity index (χ2v) is 12.6. The van der Waals surface area contributed by atoms with Gasteiger partial charge >= 0.3 is 0 Å². The molecular formula is C15H20Cl2OSi. The summed E-state index contributed by atoms with van der Waals surface area (Å²) in [7, 11) is -1.20. The van der Waals surface area contributed by atoms with Gasteiger partial charge in [0, 0.05) is 20.1 Å². The summed E-state index contributed by atoms with van der Waals surface area (Å²) in [6.07, 6.45) is 0.425. The molecule has 0 spiro atoms. The molecule has 0 aliphatic rings. The molecule has 19 heavy (non-hydrogen) atoms. The Morgan fingerprint density at radius 3 is 2.16 bits per heavy atom. The van der Waals surface area contributed by atoms with Gasteiger partial charge in [-0.1, -0.05) is 56.1 Å². The van der Waals surface area contributed by atoms with E-state index in [1.54, 1.807) is 24.3 Å². The number of benzene rings is 1. The summed E-state index contributed by atoms with van der Waals surface area (Å²) in [5.41, 5.74) is 2.52. The topological polar surface area (TPSA) is 17.1 Å². The molecule has 0 aromatic heterocycles. The Kier molecular flexibility index (Phi) is 5.84. The molecule has 0 fully saturated rings. The number of carbonyl (C=O) groups excluding carboxylic acids is 1. The highest BCUT2D eigenvalue weighted by molar-refractivity contribution is 6.76. The Hall–Kier alpha value is -0.573. The predicted molar refractivity (Wildman–Crippen MR) is 87.1 cm³/mol. The van der Waals surface area contributed by atoms with Gasteiger partial charge in [0.05, 0.1) is 0 Å². The summed E-state index contributed by atoms with van der Waals surface area (Å²) in [6, 6.07) is 8.12. The summed E-state index contributed by atoms with van der Waals surface area (Å²) in [5, 5.41) is 0. The van der Waals surface area contributed by atoms with Crippen LogP contribution in [0, 0.1) is 0 Å². The van der Waals surface area contributed by atoms with Crippen molar-refractivity contribution in [3.05, 3.63) is 47.5 Å². The van der Waals surface area contributed by atoms with E-state index in [0.717, 1.165) is 17.2 Å². The molecule has 4 heteroatoms. The minimum Gasteiger partial charge on any atom is -0.294 e. The van der Waals surface area contributed by atoms with E-state index in [1.165, 1.54) is 0 Å². The third kappa shape index (κ3) is 5.94. The van der Waals surface area contributed by atoms with Crippen LogP contribution in [0.4, 0.5) is 0 Å². The summed E-state index contributed by atoms with van der Waals surface area (Å²) >= 11 is 11.5. The largest absolute Gasteiger partial charge is 0.294 e. The lowest BCUT2D eigenvalue weighted by molar-refractivity contribution is 0.0993. The van der Waals surface area contributed by atoms with E-state index in [1.807, 2.05) is 0 Å². The SMILES string of the molecule is C=C(CC(=O)c1ccc(C(Cl)Cl)cc1)C[Si](C)(C)C. The van der Waals surface area contributed by atoms with Gasteiger partial charge in [-0.3, -0.25) is 4.79 Å². The molecule has 0 unspecified atom stereocenters. The lowest BCUT2D eigenvalue weighted by Gasteiger charge is -2.17. The van der Waals surface area contributed by atoms with E-state index >= 15 is 0 Å². The zero-order valence-corrected chi connectivity index (χ0v) is 14.2. The van der Waals surface area contributed by atoms with Crippen LogP contribution in [0.15, 0.2) is 36.4 Å². The van der Waals surface area contributed by atoms with Crippen LogP contribution < -0.4 is 0 Å². The molecule has 0 saturated carbocycles. The second-order valence-electron chi connectivity index (χ2n) is 6.01. The van der Waals surface area contributed by atoms with Gasteiger partial charge in [-0.25, -0.2) is 0 Å². The fourth-order valence-corrected chi connectivity index (χ4v) is 3.87. The molecule has 1 nitrogen and oxygen atoms in total. The zero-order chi connectivity index (χ0) is 14.6. The molecule has 0 aliphatic carbocycles. The molecule has 0 N–H and O–H groups in total. The normalized spacial score (nSPS) is 11.7. The van der Waals surface area contributed by atoms with E-state index in [2.05, 4.69) is 26.2 Å². The molecule has 0 radical (unpaired) electrons. The van der Waals surface area contributed by atoms with Crippen molar-refractivity contribution in [2.45, 2.75) is 36.9 Å². The molecule has 104 valence electrons. The molecule has 0 heterocycles. The number of Topliss-reactive ketones (excluding diaryl/α,β-unsaturated/α-hetero) is 1. The van der Waals surface area contributed by atoms with Crippen LogP contribution in [-0.4, -0.2) is 13.9 Å². The number of hydrogen-bond acceptors (Lipinski definition) is 1. The Morgan fingerprint density at radius 1 is 1.21 bits per heavy atom. The molecule has 0 amide bonds. The van der Waals surface area contributed by atoms with E-state index in [0.29, 0.717) is 12.0 Å². The number of carbonyl (C=O) groups is 1. The first-order valence-corrected chi connectivity index (χ1v) is 10.8. The van der Waals surface area contributed by atoms with Crippen LogP contribution in [0.1, 0.15) is 27.2 Å². The second kappa shape index (κ2) is 6.73. The van der Waals surface area contributed by atoms with Gasteiger partial charge in [0.1, 0.15) is 4.84 Å². The van der Waals surface area contributed by atoms with Crippen molar-refractivity contribution in [3.8, 4) is 0 Å².